The van der Waals surface area contributed by atoms with Crippen molar-refractivity contribution in [2.45, 2.75) is 45.2 Å². The molecule has 29 heavy (non-hydrogen) atoms. The largest absolute Gasteiger partial charge is 0.353 e. The third-order valence-corrected chi connectivity index (χ3v) is 6.28. The summed E-state index contributed by atoms with van der Waals surface area (Å²) in [6.45, 7) is 8.49. The van der Waals surface area contributed by atoms with Gasteiger partial charge in [-0.25, -0.2) is 4.98 Å². The van der Waals surface area contributed by atoms with Crippen molar-refractivity contribution in [3.05, 3.63) is 57.8 Å². The van der Waals surface area contributed by atoms with E-state index in [0.29, 0.717) is 17.1 Å². The monoisotopic (exact) mass is 410 g/mol. The molecular weight excluding hydrogens is 380 g/mol. The molecule has 0 bridgehead atoms. The van der Waals surface area contributed by atoms with Crippen LogP contribution >= 0.6 is 11.8 Å². The first-order chi connectivity index (χ1) is 13.8. The third-order valence-electron chi connectivity index (χ3n) is 5.30. The fourth-order valence-electron chi connectivity index (χ4n) is 3.12. The summed E-state index contributed by atoms with van der Waals surface area (Å²) >= 11 is 1.32. The molecule has 1 aromatic heterocycles. The van der Waals surface area contributed by atoms with Crippen LogP contribution in [0.15, 0.2) is 29.3 Å². The lowest BCUT2D eigenvalue weighted by Gasteiger charge is -2.25. The van der Waals surface area contributed by atoms with Gasteiger partial charge in [-0.2, -0.15) is 5.26 Å². The van der Waals surface area contributed by atoms with Gasteiger partial charge < -0.3 is 10.2 Å². The number of likely N-dealkylation sites (N-methyl/N-ethyl adjacent to an activating group) is 1. The van der Waals surface area contributed by atoms with Crippen molar-refractivity contribution in [1.82, 2.24) is 15.2 Å². The second-order valence-electron chi connectivity index (χ2n) is 7.41. The van der Waals surface area contributed by atoms with Gasteiger partial charge in [-0.3, -0.25) is 4.79 Å². The van der Waals surface area contributed by atoms with E-state index in [1.165, 1.54) is 22.9 Å². The van der Waals surface area contributed by atoms with Crippen molar-refractivity contribution < 1.29 is 4.79 Å². The van der Waals surface area contributed by atoms with Gasteiger partial charge in [0, 0.05) is 12.2 Å². The Morgan fingerprint density at radius 3 is 2.41 bits per heavy atom. The van der Waals surface area contributed by atoms with Crippen molar-refractivity contribution in [3.63, 3.8) is 0 Å². The number of thioether (sulfide) groups is 1. The third kappa shape index (κ3) is 5.81. The molecule has 1 N–H and O–H groups in total. The molecule has 0 radical (unpaired) electrons. The predicted molar refractivity (Wildman–Crippen MR) is 119 cm³/mol. The zero-order valence-corrected chi connectivity index (χ0v) is 19.0. The van der Waals surface area contributed by atoms with Crippen molar-refractivity contribution in [1.29, 1.82) is 5.26 Å². The van der Waals surface area contributed by atoms with Crippen LogP contribution in [0.1, 0.15) is 46.5 Å². The van der Waals surface area contributed by atoms with E-state index in [-0.39, 0.29) is 17.7 Å². The van der Waals surface area contributed by atoms with E-state index in [1.807, 2.05) is 34.9 Å². The molecule has 154 valence electrons. The average Bonchev–Trinajstić information content (AvgIpc) is 2.71. The number of benzene rings is 1. The smallest absolute Gasteiger partial charge is 0.230 e. The van der Waals surface area contributed by atoms with Crippen LogP contribution < -0.4 is 5.32 Å². The summed E-state index contributed by atoms with van der Waals surface area (Å²) in [5.41, 5.74) is 5.90. The van der Waals surface area contributed by atoms with Gasteiger partial charge in [-0.05, 0) is 63.5 Å². The van der Waals surface area contributed by atoms with Crippen LogP contribution in [0.5, 0.6) is 0 Å². The van der Waals surface area contributed by atoms with E-state index in [1.54, 1.807) is 0 Å². The van der Waals surface area contributed by atoms with Gasteiger partial charge in [0.1, 0.15) is 11.1 Å². The highest BCUT2D eigenvalue weighted by atomic mass is 32.2. The number of hydrogen-bond acceptors (Lipinski definition) is 5. The maximum Gasteiger partial charge on any atom is 0.230 e. The van der Waals surface area contributed by atoms with Crippen LogP contribution in [0.4, 0.5) is 0 Å². The summed E-state index contributed by atoms with van der Waals surface area (Å²) in [4.78, 5) is 19.1. The predicted octanol–water partition coefficient (Wildman–Crippen LogP) is 3.95. The van der Waals surface area contributed by atoms with Gasteiger partial charge in [0.15, 0.2) is 0 Å². The summed E-state index contributed by atoms with van der Waals surface area (Å²) < 4.78 is 0. The Hall–Kier alpha value is -2.36. The second-order valence-corrected chi connectivity index (χ2v) is 8.37. The van der Waals surface area contributed by atoms with Gasteiger partial charge in [-0.15, -0.1) is 0 Å². The number of nitrogens with one attached hydrogen (secondary N) is 1. The molecule has 1 amide bonds. The summed E-state index contributed by atoms with van der Waals surface area (Å²) in [6.07, 6.45) is 1.01. The van der Waals surface area contributed by atoms with E-state index in [9.17, 15) is 10.1 Å². The molecule has 0 aliphatic rings. The van der Waals surface area contributed by atoms with Crippen LogP contribution in [0, 0.1) is 32.1 Å². The van der Waals surface area contributed by atoms with Crippen LogP contribution in [0.2, 0.25) is 0 Å². The number of aromatic nitrogens is 1. The highest BCUT2D eigenvalue weighted by molar-refractivity contribution is 8.00. The highest BCUT2D eigenvalue weighted by Gasteiger charge is 2.17. The van der Waals surface area contributed by atoms with Crippen LogP contribution in [0.3, 0.4) is 0 Å². The normalized spacial score (nSPS) is 11.9. The highest BCUT2D eigenvalue weighted by Crippen LogP contribution is 2.26. The summed E-state index contributed by atoms with van der Waals surface area (Å²) in [7, 11) is 4.03. The molecule has 6 heteroatoms. The number of pyridine rings is 1. The lowest BCUT2D eigenvalue weighted by Crippen LogP contribution is -2.35. The number of hydrogen-bond donors (Lipinski definition) is 1. The van der Waals surface area contributed by atoms with E-state index < -0.39 is 0 Å². The first-order valence-electron chi connectivity index (χ1n) is 9.81. The Labute approximate surface area is 178 Å². The minimum Gasteiger partial charge on any atom is -0.353 e. The second kappa shape index (κ2) is 10.4. The number of rotatable bonds is 8. The summed E-state index contributed by atoms with van der Waals surface area (Å²) in [6, 6.07) is 10.9. The molecule has 0 aliphatic carbocycles. The van der Waals surface area contributed by atoms with Crippen LogP contribution in [-0.2, 0) is 11.2 Å². The molecule has 1 atom stereocenters. The van der Waals surface area contributed by atoms with E-state index in [4.69, 9.17) is 0 Å². The Kier molecular flexibility index (Phi) is 8.24. The molecule has 5 nitrogen and oxygen atoms in total. The van der Waals surface area contributed by atoms with Gasteiger partial charge in [-0.1, -0.05) is 43.0 Å². The Balaban J connectivity index is 2.01. The average molecular weight is 411 g/mol. The number of carbonyl (C=O) groups excluding carboxylic acids is 1. The molecular formula is C23H30N4OS. The van der Waals surface area contributed by atoms with Crippen molar-refractivity contribution >= 4 is 17.7 Å². The Morgan fingerprint density at radius 2 is 1.86 bits per heavy atom. The molecule has 2 aromatic rings. The Morgan fingerprint density at radius 1 is 1.21 bits per heavy atom. The van der Waals surface area contributed by atoms with Crippen LogP contribution in [0.25, 0.3) is 0 Å². The molecule has 0 fully saturated rings. The topological polar surface area (TPSA) is 69.0 Å². The van der Waals surface area contributed by atoms with Gasteiger partial charge in [0.25, 0.3) is 0 Å². The molecule has 0 spiro atoms. The van der Waals surface area contributed by atoms with Gasteiger partial charge >= 0.3 is 0 Å². The van der Waals surface area contributed by atoms with E-state index >= 15 is 0 Å². The molecule has 1 heterocycles. The zero-order valence-electron chi connectivity index (χ0n) is 18.2. The summed E-state index contributed by atoms with van der Waals surface area (Å²) in [5.74, 6) is 0.173. The minimum absolute atomic E-state index is 0.0615. The number of nitrogens with zero attached hydrogens (tertiary/aromatic N) is 3. The van der Waals surface area contributed by atoms with Gasteiger partial charge in [0.2, 0.25) is 5.91 Å². The van der Waals surface area contributed by atoms with Gasteiger partial charge in [0.05, 0.1) is 17.4 Å². The standard InChI is InChI=1S/C23H30N4OS/c1-7-18-8-10-19(11-9-18)21(27(5)6)13-25-22(28)14-29-23-20(12-24)16(3)15(2)17(4)26-23/h8-11,21H,7,13-14H2,1-6H3,(H,25,28). The molecule has 1 unspecified atom stereocenters. The fourth-order valence-corrected chi connectivity index (χ4v) is 4.03. The lowest BCUT2D eigenvalue weighted by molar-refractivity contribution is -0.118. The number of aryl methyl sites for hydroxylation is 2. The van der Waals surface area contributed by atoms with Crippen LogP contribution in [-0.4, -0.2) is 42.2 Å². The number of nitriles is 1. The van der Waals surface area contributed by atoms with Crippen molar-refractivity contribution in [2.75, 3.05) is 26.4 Å². The molecule has 1 aromatic carbocycles. The molecule has 0 aliphatic heterocycles. The number of amides is 1. The maximum atomic E-state index is 12.5. The zero-order chi connectivity index (χ0) is 21.6. The van der Waals surface area contributed by atoms with Crippen molar-refractivity contribution in [2.24, 2.45) is 0 Å². The molecule has 2 rings (SSSR count). The minimum atomic E-state index is -0.0615. The quantitative estimate of drug-likeness (QED) is 0.667. The lowest BCUT2D eigenvalue weighted by atomic mass is 10.0. The van der Waals surface area contributed by atoms with E-state index in [2.05, 4.69) is 52.5 Å². The number of carbonyl (C=O) groups is 1. The maximum absolute atomic E-state index is 12.5. The first kappa shape index (κ1) is 22.9. The van der Waals surface area contributed by atoms with Crippen molar-refractivity contribution in [3.8, 4) is 6.07 Å². The SMILES string of the molecule is CCc1ccc(C(CNC(=O)CSc2nc(C)c(C)c(C)c2C#N)N(C)C)cc1. The molecule has 0 saturated carbocycles. The van der Waals surface area contributed by atoms with E-state index in [0.717, 1.165) is 23.2 Å². The first-order valence-corrected chi connectivity index (χ1v) is 10.8. The Bertz CT molecular complexity index is 901. The fraction of sp³-hybridized carbons (Fsp3) is 0.435. The molecule has 0 saturated heterocycles. The summed E-state index contributed by atoms with van der Waals surface area (Å²) in [5, 5.41) is 13.1.